The molecule has 1 N–H and O–H groups in total. The lowest BCUT2D eigenvalue weighted by atomic mass is 10.1. The summed E-state index contributed by atoms with van der Waals surface area (Å²) in [6.45, 7) is -0.0434. The average molecular weight is 246 g/mol. The number of hydrogen-bond acceptors (Lipinski definition) is 3. The molecule has 0 saturated carbocycles. The second-order valence-electron chi connectivity index (χ2n) is 3.28. The minimum absolute atomic E-state index is 0.0434. The molecule has 5 heteroatoms. The van der Waals surface area contributed by atoms with Crippen LogP contribution in [0.25, 0.3) is 0 Å². The van der Waals surface area contributed by atoms with Gasteiger partial charge in [0.1, 0.15) is 0 Å². The van der Waals surface area contributed by atoms with Gasteiger partial charge in [-0.25, -0.2) is 0 Å². The first-order chi connectivity index (χ1) is 7.20. The predicted molar refractivity (Wildman–Crippen MR) is 59.6 cm³/mol. The van der Waals surface area contributed by atoms with Crippen LogP contribution in [0.3, 0.4) is 0 Å². The monoisotopic (exact) mass is 245 g/mol. The summed E-state index contributed by atoms with van der Waals surface area (Å²) in [5, 5.41) is 13.9. The van der Waals surface area contributed by atoms with Crippen LogP contribution in [-0.4, -0.2) is 23.5 Å². The topological polar surface area (TPSA) is 41.8 Å². The van der Waals surface area contributed by atoms with Crippen molar-refractivity contribution < 1.29 is 9.94 Å². The largest absolute Gasteiger partial charge is 0.392 e. The van der Waals surface area contributed by atoms with Crippen LogP contribution in [0, 0.1) is 0 Å². The van der Waals surface area contributed by atoms with Gasteiger partial charge >= 0.3 is 0 Å². The van der Waals surface area contributed by atoms with Gasteiger partial charge in [-0.2, -0.15) is 0 Å². The van der Waals surface area contributed by atoms with Crippen LogP contribution in [0.5, 0.6) is 0 Å². The van der Waals surface area contributed by atoms with Gasteiger partial charge in [0.2, 0.25) is 0 Å². The third-order valence-electron chi connectivity index (χ3n) is 2.18. The zero-order chi connectivity index (χ0) is 10.8. The maximum absolute atomic E-state index is 8.89. The van der Waals surface area contributed by atoms with Crippen LogP contribution in [-0.2, 0) is 4.84 Å². The van der Waals surface area contributed by atoms with Crippen molar-refractivity contribution in [3.05, 3.63) is 33.8 Å². The summed E-state index contributed by atoms with van der Waals surface area (Å²) < 4.78 is 0. The van der Waals surface area contributed by atoms with E-state index in [9.17, 15) is 0 Å². The van der Waals surface area contributed by atoms with Crippen molar-refractivity contribution in [3.8, 4) is 0 Å². The number of benzene rings is 1. The second kappa shape index (κ2) is 4.39. The predicted octanol–water partition coefficient (Wildman–Crippen LogP) is 2.48. The molecule has 15 heavy (non-hydrogen) atoms. The molecule has 0 radical (unpaired) electrons. The number of nitrogens with zero attached hydrogens (tertiary/aromatic N) is 1. The fraction of sp³-hybridized carbons (Fsp3) is 0.300. The van der Waals surface area contributed by atoms with E-state index in [1.165, 1.54) is 0 Å². The third-order valence-corrected chi connectivity index (χ3v) is 2.73. The second-order valence-corrected chi connectivity index (χ2v) is 4.12. The van der Waals surface area contributed by atoms with E-state index >= 15 is 0 Å². The van der Waals surface area contributed by atoms with Crippen LogP contribution in [0.4, 0.5) is 0 Å². The van der Waals surface area contributed by atoms with Gasteiger partial charge in [0.05, 0.1) is 17.3 Å². The maximum Gasteiger partial charge on any atom is 0.156 e. The lowest BCUT2D eigenvalue weighted by Gasteiger charge is -2.03. The highest BCUT2D eigenvalue weighted by atomic mass is 35.5. The van der Waals surface area contributed by atoms with Gasteiger partial charge < -0.3 is 9.94 Å². The number of halogens is 2. The number of aliphatic hydroxyl groups excluding tert-OH is 1. The fourth-order valence-corrected chi connectivity index (χ4v) is 1.93. The maximum atomic E-state index is 8.89. The molecule has 0 saturated heterocycles. The highest BCUT2D eigenvalue weighted by Crippen LogP contribution is 2.25. The smallest absolute Gasteiger partial charge is 0.156 e. The minimum Gasteiger partial charge on any atom is -0.392 e. The first kappa shape index (κ1) is 10.7. The Morgan fingerprint density at radius 3 is 2.87 bits per heavy atom. The standard InChI is InChI=1S/C10H9Cl2NO2/c11-6-1-2-8(9(12)3-6)10-4-7(5-14)15-13-10/h1-3,7,14H,4-5H2/t7-/m1/s1. The Kier molecular flexibility index (Phi) is 3.14. The van der Waals surface area contributed by atoms with E-state index in [1.807, 2.05) is 0 Å². The fourth-order valence-electron chi connectivity index (χ4n) is 1.41. The first-order valence-corrected chi connectivity index (χ1v) is 5.25. The zero-order valence-corrected chi connectivity index (χ0v) is 9.29. The van der Waals surface area contributed by atoms with Crippen LogP contribution in [0.2, 0.25) is 10.0 Å². The molecule has 0 fully saturated rings. The van der Waals surface area contributed by atoms with E-state index in [0.29, 0.717) is 16.5 Å². The molecule has 1 aromatic carbocycles. The SMILES string of the molecule is OC[C@H]1CC(c2ccc(Cl)cc2Cl)=NO1. The molecule has 0 bridgehead atoms. The summed E-state index contributed by atoms with van der Waals surface area (Å²) in [5.41, 5.74) is 1.55. The van der Waals surface area contributed by atoms with Gasteiger partial charge in [-0.15, -0.1) is 0 Å². The Morgan fingerprint density at radius 2 is 2.27 bits per heavy atom. The molecule has 1 aliphatic rings. The number of aliphatic hydroxyl groups is 1. The highest BCUT2D eigenvalue weighted by Gasteiger charge is 2.22. The molecule has 3 nitrogen and oxygen atoms in total. The number of rotatable bonds is 2. The Bertz CT molecular complexity index is 406. The third kappa shape index (κ3) is 2.25. The van der Waals surface area contributed by atoms with E-state index in [-0.39, 0.29) is 12.7 Å². The number of hydrogen-bond donors (Lipinski definition) is 1. The molecule has 1 atom stereocenters. The minimum atomic E-state index is -0.258. The van der Waals surface area contributed by atoms with E-state index in [4.69, 9.17) is 33.1 Å². The summed E-state index contributed by atoms with van der Waals surface area (Å²) in [6.07, 6.45) is 0.310. The zero-order valence-electron chi connectivity index (χ0n) is 7.78. The van der Waals surface area contributed by atoms with Crippen molar-refractivity contribution in [1.82, 2.24) is 0 Å². The molecule has 1 heterocycles. The average Bonchev–Trinajstić information content (AvgIpc) is 2.66. The van der Waals surface area contributed by atoms with Gasteiger partial charge in [-0.1, -0.05) is 34.4 Å². The van der Waals surface area contributed by atoms with Crippen LogP contribution in [0.15, 0.2) is 23.4 Å². The van der Waals surface area contributed by atoms with Crippen LogP contribution < -0.4 is 0 Å². The van der Waals surface area contributed by atoms with Gasteiger partial charge in [-0.3, -0.25) is 0 Å². The van der Waals surface area contributed by atoms with Gasteiger partial charge in [0.15, 0.2) is 6.10 Å². The molecule has 2 rings (SSSR count). The molecule has 1 aromatic rings. The van der Waals surface area contributed by atoms with E-state index in [2.05, 4.69) is 5.16 Å². The molecule has 0 unspecified atom stereocenters. The molecule has 80 valence electrons. The molecular weight excluding hydrogens is 237 g/mol. The Hall–Kier alpha value is -0.770. The van der Waals surface area contributed by atoms with Crippen molar-refractivity contribution in [3.63, 3.8) is 0 Å². The van der Waals surface area contributed by atoms with E-state index in [1.54, 1.807) is 18.2 Å². The Labute approximate surface area is 97.2 Å². The summed E-state index contributed by atoms with van der Waals surface area (Å²) >= 11 is 11.8. The summed E-state index contributed by atoms with van der Waals surface area (Å²) in [6, 6.07) is 5.21. The quantitative estimate of drug-likeness (QED) is 0.870. The van der Waals surface area contributed by atoms with Crippen LogP contribution in [0.1, 0.15) is 12.0 Å². The van der Waals surface area contributed by atoms with Crippen LogP contribution >= 0.6 is 23.2 Å². The summed E-state index contributed by atoms with van der Waals surface area (Å²) in [7, 11) is 0. The highest BCUT2D eigenvalue weighted by molar-refractivity contribution is 6.37. The Morgan fingerprint density at radius 1 is 1.47 bits per heavy atom. The lowest BCUT2D eigenvalue weighted by Crippen LogP contribution is -2.12. The van der Waals surface area contributed by atoms with Gasteiger partial charge in [0, 0.05) is 17.0 Å². The summed E-state index contributed by atoms with van der Waals surface area (Å²) in [4.78, 5) is 5.00. The molecular formula is C10H9Cl2NO2. The van der Waals surface area contributed by atoms with Crippen molar-refractivity contribution >= 4 is 28.9 Å². The molecule has 0 amide bonds. The number of oxime groups is 1. The first-order valence-electron chi connectivity index (χ1n) is 4.49. The van der Waals surface area contributed by atoms with Crippen molar-refractivity contribution in [2.45, 2.75) is 12.5 Å². The molecule has 1 aliphatic heterocycles. The summed E-state index contributed by atoms with van der Waals surface area (Å²) in [5.74, 6) is 0. The molecule has 0 aliphatic carbocycles. The molecule has 0 aromatic heterocycles. The van der Waals surface area contributed by atoms with E-state index < -0.39 is 0 Å². The van der Waals surface area contributed by atoms with E-state index in [0.717, 1.165) is 11.3 Å². The van der Waals surface area contributed by atoms with Crippen molar-refractivity contribution in [2.24, 2.45) is 5.16 Å². The molecule has 0 spiro atoms. The normalized spacial score (nSPS) is 19.9. The van der Waals surface area contributed by atoms with Gasteiger partial charge in [0.25, 0.3) is 0 Å². The van der Waals surface area contributed by atoms with Crippen molar-refractivity contribution in [1.29, 1.82) is 0 Å². The van der Waals surface area contributed by atoms with Gasteiger partial charge in [-0.05, 0) is 12.1 Å². The Balaban J connectivity index is 2.24. The lowest BCUT2D eigenvalue weighted by molar-refractivity contribution is 0.0390. The van der Waals surface area contributed by atoms with Crippen molar-refractivity contribution in [2.75, 3.05) is 6.61 Å².